The highest BCUT2D eigenvalue weighted by Crippen LogP contribution is 2.44. The molecule has 0 aliphatic carbocycles. The van der Waals surface area contributed by atoms with Crippen molar-refractivity contribution >= 4 is 35.0 Å². The van der Waals surface area contributed by atoms with Crippen LogP contribution in [0.3, 0.4) is 0 Å². The van der Waals surface area contributed by atoms with Crippen LogP contribution in [0.5, 0.6) is 0 Å². The molecule has 2 rings (SSSR count). The van der Waals surface area contributed by atoms with Gasteiger partial charge in [-0.1, -0.05) is 0 Å². The summed E-state index contributed by atoms with van der Waals surface area (Å²) in [6, 6.07) is 1.51. The van der Waals surface area contributed by atoms with Crippen molar-refractivity contribution in [2.24, 2.45) is 0 Å². The number of hydrogen-bond donors (Lipinski definition) is 3. The number of benzene rings is 2. The quantitative estimate of drug-likeness (QED) is 0.430. The maximum Gasteiger partial charge on any atom is 0.336 e. The van der Waals surface area contributed by atoms with Crippen LogP contribution in [0.25, 0.3) is 11.1 Å². The fourth-order valence-electron chi connectivity index (χ4n) is 2.62. The largest absolute Gasteiger partial charge is 0.478 e. The van der Waals surface area contributed by atoms with Gasteiger partial charge in [-0.2, -0.15) is 0 Å². The molecule has 0 bridgehead atoms. The summed E-state index contributed by atoms with van der Waals surface area (Å²) in [7, 11) is 0. The molecule has 0 radical (unpaired) electrons. The molecule has 15 heteroatoms. The van der Waals surface area contributed by atoms with Crippen LogP contribution in [0, 0.1) is 30.3 Å². The molecule has 2 aromatic carbocycles. The second kappa shape index (κ2) is 7.58. The Hall–Kier alpha value is -4.95. The number of nitrogens with zero attached hydrogens (tertiary/aromatic N) is 3. The lowest BCUT2D eigenvalue weighted by Gasteiger charge is -2.12. The number of nitro benzene ring substituents is 3. The molecule has 0 heterocycles. The summed E-state index contributed by atoms with van der Waals surface area (Å²) in [5.74, 6) is -5.63. The minimum Gasteiger partial charge on any atom is -0.478 e. The molecule has 0 saturated heterocycles. The molecule has 0 aliphatic heterocycles. The minimum absolute atomic E-state index is 0.296. The first-order valence-corrected chi connectivity index (χ1v) is 7.36. The maximum absolute atomic E-state index is 11.6. The molecular formula is C15H7N3O12. The monoisotopic (exact) mass is 421 g/mol. The Labute approximate surface area is 162 Å². The van der Waals surface area contributed by atoms with Crippen molar-refractivity contribution < 1.29 is 44.5 Å². The van der Waals surface area contributed by atoms with Crippen molar-refractivity contribution in [1.29, 1.82) is 0 Å². The molecule has 3 N–H and O–H groups in total. The first kappa shape index (κ1) is 21.4. The average molecular weight is 421 g/mol. The number of aromatic carboxylic acids is 3. The van der Waals surface area contributed by atoms with Crippen molar-refractivity contribution in [3.63, 3.8) is 0 Å². The SMILES string of the molecule is O=C(O)c1cc(C(=O)O)c(-c2c([N+](=O)[O-])cc([N+](=O)[O-])cc2[N+](=O)[O-])c(C(=O)O)c1. The molecule has 2 aromatic rings. The molecule has 0 aromatic heterocycles. The standard InChI is InChI=1S/C15H7N3O12/c19-13(20)5-1-7(14(21)22)11(8(2-5)15(23)24)12-9(17(27)28)3-6(16(25)26)4-10(12)18(29)30/h1-4H,(H,19,20)(H,21,22)(H,23,24). The zero-order chi connectivity index (χ0) is 22.9. The van der Waals surface area contributed by atoms with E-state index in [9.17, 15) is 54.9 Å². The van der Waals surface area contributed by atoms with Gasteiger partial charge >= 0.3 is 17.9 Å². The van der Waals surface area contributed by atoms with E-state index in [1.807, 2.05) is 0 Å². The summed E-state index contributed by atoms with van der Waals surface area (Å²) in [6.45, 7) is 0. The molecule has 0 atom stereocenters. The van der Waals surface area contributed by atoms with Gasteiger partial charge in [-0.05, 0) is 12.1 Å². The molecule has 154 valence electrons. The first-order chi connectivity index (χ1) is 13.9. The fourth-order valence-corrected chi connectivity index (χ4v) is 2.62. The van der Waals surface area contributed by atoms with E-state index < -0.39 is 77.6 Å². The zero-order valence-corrected chi connectivity index (χ0v) is 14.2. The molecule has 0 unspecified atom stereocenters. The Bertz CT molecular complexity index is 1010. The Kier molecular flexibility index (Phi) is 5.40. The van der Waals surface area contributed by atoms with E-state index >= 15 is 0 Å². The predicted octanol–water partition coefficient (Wildman–Crippen LogP) is 2.17. The van der Waals surface area contributed by atoms with Gasteiger partial charge in [0, 0.05) is 5.56 Å². The molecule has 30 heavy (non-hydrogen) atoms. The van der Waals surface area contributed by atoms with Gasteiger partial charge in [-0.15, -0.1) is 0 Å². The molecule has 0 amide bonds. The van der Waals surface area contributed by atoms with Gasteiger partial charge in [0.05, 0.1) is 43.6 Å². The van der Waals surface area contributed by atoms with Crippen LogP contribution < -0.4 is 0 Å². The summed E-state index contributed by atoms with van der Waals surface area (Å²) in [6.07, 6.45) is 0. The number of hydrogen-bond acceptors (Lipinski definition) is 9. The van der Waals surface area contributed by atoms with Crippen LogP contribution in [-0.4, -0.2) is 48.0 Å². The van der Waals surface area contributed by atoms with Crippen LogP contribution in [0.1, 0.15) is 31.1 Å². The highest BCUT2D eigenvalue weighted by atomic mass is 16.6. The Morgan fingerprint density at radius 1 is 0.633 bits per heavy atom. The molecular weight excluding hydrogens is 414 g/mol. The third-order valence-electron chi connectivity index (χ3n) is 3.78. The average Bonchev–Trinajstić information content (AvgIpc) is 2.65. The molecule has 0 fully saturated rings. The van der Waals surface area contributed by atoms with Gasteiger partial charge in [0.2, 0.25) is 0 Å². The van der Waals surface area contributed by atoms with E-state index in [1.165, 1.54) is 0 Å². The highest BCUT2D eigenvalue weighted by molar-refractivity contribution is 6.10. The molecule has 0 aliphatic rings. The van der Waals surface area contributed by atoms with E-state index in [-0.39, 0.29) is 0 Å². The smallest absolute Gasteiger partial charge is 0.336 e. The van der Waals surface area contributed by atoms with Gasteiger partial charge in [0.25, 0.3) is 17.1 Å². The van der Waals surface area contributed by atoms with Gasteiger partial charge < -0.3 is 15.3 Å². The fraction of sp³-hybridized carbons (Fsp3) is 0. The van der Waals surface area contributed by atoms with Crippen molar-refractivity contribution in [3.05, 3.63) is 71.3 Å². The minimum atomic E-state index is -1.95. The number of carbonyl (C=O) groups is 3. The van der Waals surface area contributed by atoms with E-state index in [4.69, 9.17) is 5.11 Å². The lowest BCUT2D eigenvalue weighted by atomic mass is 9.89. The third kappa shape index (κ3) is 3.70. The lowest BCUT2D eigenvalue weighted by molar-refractivity contribution is -0.402. The van der Waals surface area contributed by atoms with Crippen molar-refractivity contribution in [2.45, 2.75) is 0 Å². The molecule has 0 saturated carbocycles. The Morgan fingerprint density at radius 2 is 1.03 bits per heavy atom. The maximum atomic E-state index is 11.6. The van der Waals surface area contributed by atoms with Crippen molar-refractivity contribution in [3.8, 4) is 11.1 Å². The van der Waals surface area contributed by atoms with Gasteiger partial charge in [0.1, 0.15) is 5.56 Å². The van der Waals surface area contributed by atoms with Crippen LogP contribution in [0.15, 0.2) is 24.3 Å². The summed E-state index contributed by atoms with van der Waals surface area (Å²) >= 11 is 0. The van der Waals surface area contributed by atoms with Crippen LogP contribution in [0.4, 0.5) is 17.1 Å². The zero-order valence-electron chi connectivity index (χ0n) is 14.2. The molecule has 15 nitrogen and oxygen atoms in total. The van der Waals surface area contributed by atoms with Crippen LogP contribution in [0.2, 0.25) is 0 Å². The first-order valence-electron chi connectivity index (χ1n) is 7.36. The Morgan fingerprint density at radius 3 is 1.30 bits per heavy atom. The predicted molar refractivity (Wildman–Crippen MR) is 92.7 cm³/mol. The van der Waals surface area contributed by atoms with Crippen molar-refractivity contribution in [2.75, 3.05) is 0 Å². The van der Waals surface area contributed by atoms with Gasteiger partial charge in [0.15, 0.2) is 0 Å². The van der Waals surface area contributed by atoms with E-state index in [0.29, 0.717) is 24.3 Å². The second-order valence-corrected chi connectivity index (χ2v) is 5.49. The summed E-state index contributed by atoms with van der Waals surface area (Å²) in [5.41, 5.74) is -8.92. The van der Waals surface area contributed by atoms with Crippen molar-refractivity contribution in [1.82, 2.24) is 0 Å². The number of nitro groups is 3. The van der Waals surface area contributed by atoms with Gasteiger partial charge in [-0.25, -0.2) is 14.4 Å². The summed E-state index contributed by atoms with van der Waals surface area (Å²) in [5, 5.41) is 61.8. The topological polar surface area (TPSA) is 241 Å². The van der Waals surface area contributed by atoms with E-state index in [0.717, 1.165) is 0 Å². The van der Waals surface area contributed by atoms with E-state index in [2.05, 4.69) is 0 Å². The summed E-state index contributed by atoms with van der Waals surface area (Å²) in [4.78, 5) is 64.6. The van der Waals surface area contributed by atoms with Gasteiger partial charge in [-0.3, -0.25) is 30.3 Å². The number of non-ortho nitro benzene ring substituents is 1. The van der Waals surface area contributed by atoms with Crippen LogP contribution >= 0.6 is 0 Å². The molecule has 0 spiro atoms. The van der Waals surface area contributed by atoms with E-state index in [1.54, 1.807) is 0 Å². The third-order valence-corrected chi connectivity index (χ3v) is 3.78. The highest BCUT2D eigenvalue weighted by Gasteiger charge is 2.36. The number of carboxylic acids is 3. The van der Waals surface area contributed by atoms with Crippen LogP contribution in [-0.2, 0) is 0 Å². The summed E-state index contributed by atoms with van der Waals surface area (Å²) < 4.78 is 0. The Balaban J connectivity index is 3.21. The normalized spacial score (nSPS) is 10.3. The lowest BCUT2D eigenvalue weighted by Crippen LogP contribution is -2.12. The second-order valence-electron chi connectivity index (χ2n) is 5.49. The number of carboxylic acid groups (broad SMARTS) is 3. The number of rotatable bonds is 7.